The van der Waals surface area contributed by atoms with Crippen molar-refractivity contribution < 1.29 is 14.6 Å². The molecule has 0 bridgehead atoms. The van der Waals surface area contributed by atoms with Gasteiger partial charge in [-0.1, -0.05) is 12.1 Å². The summed E-state index contributed by atoms with van der Waals surface area (Å²) < 4.78 is 5.18. The number of carbonyl (C=O) groups is 1. The molecule has 27 heavy (non-hydrogen) atoms. The number of aromatic nitrogens is 2. The first-order valence-electron chi connectivity index (χ1n) is 8.62. The Kier molecular flexibility index (Phi) is 5.35. The maximum atomic E-state index is 11.7. The van der Waals surface area contributed by atoms with E-state index >= 15 is 0 Å². The van der Waals surface area contributed by atoms with Crippen LogP contribution >= 0.6 is 0 Å². The van der Waals surface area contributed by atoms with Gasteiger partial charge >= 0.3 is 5.97 Å². The number of aryl methyl sites for hydroxylation is 1. The predicted molar refractivity (Wildman–Crippen MR) is 105 cm³/mol. The highest BCUT2D eigenvalue weighted by molar-refractivity contribution is 5.94. The molecule has 0 aliphatic carbocycles. The van der Waals surface area contributed by atoms with E-state index in [1.165, 1.54) is 6.20 Å². The molecule has 3 rings (SSSR count). The van der Waals surface area contributed by atoms with Gasteiger partial charge in [0.25, 0.3) is 0 Å². The number of anilines is 2. The molecule has 0 saturated carbocycles. The van der Waals surface area contributed by atoms with Gasteiger partial charge in [0.05, 0.1) is 7.11 Å². The lowest BCUT2D eigenvalue weighted by Gasteiger charge is -2.24. The van der Waals surface area contributed by atoms with Gasteiger partial charge in [-0.05, 0) is 55.8 Å². The van der Waals surface area contributed by atoms with E-state index in [4.69, 9.17) is 4.74 Å². The Balaban J connectivity index is 2.11. The zero-order chi connectivity index (χ0) is 19.4. The van der Waals surface area contributed by atoms with Gasteiger partial charge in [-0.25, -0.2) is 14.8 Å². The predicted octanol–water partition coefficient (Wildman–Crippen LogP) is 4.32. The SMILES string of the molecule is CCN(c1cccc(C)c1)c1nc(-c2ccc(OC)cc2)ncc1C(=O)O. The number of carboxylic acid groups (broad SMARTS) is 1. The average Bonchev–Trinajstić information content (AvgIpc) is 2.68. The minimum Gasteiger partial charge on any atom is -0.497 e. The van der Waals surface area contributed by atoms with Crippen LogP contribution in [0, 0.1) is 6.92 Å². The van der Waals surface area contributed by atoms with E-state index in [0.717, 1.165) is 22.6 Å². The molecule has 0 spiro atoms. The van der Waals surface area contributed by atoms with Crippen LogP contribution in [0.1, 0.15) is 22.8 Å². The van der Waals surface area contributed by atoms with Gasteiger partial charge in [-0.2, -0.15) is 0 Å². The van der Waals surface area contributed by atoms with Gasteiger partial charge in [0.15, 0.2) is 11.6 Å². The van der Waals surface area contributed by atoms with Crippen molar-refractivity contribution >= 4 is 17.5 Å². The van der Waals surface area contributed by atoms with Crippen molar-refractivity contribution in [2.75, 3.05) is 18.6 Å². The fraction of sp³-hybridized carbons (Fsp3) is 0.190. The highest BCUT2D eigenvalue weighted by Gasteiger charge is 2.20. The van der Waals surface area contributed by atoms with Gasteiger partial charge < -0.3 is 14.7 Å². The van der Waals surface area contributed by atoms with Crippen molar-refractivity contribution in [2.45, 2.75) is 13.8 Å². The third-order valence-electron chi connectivity index (χ3n) is 4.23. The quantitative estimate of drug-likeness (QED) is 0.703. The number of methoxy groups -OCH3 is 1. The molecule has 0 atom stereocenters. The Morgan fingerprint density at radius 2 is 1.93 bits per heavy atom. The largest absolute Gasteiger partial charge is 0.497 e. The van der Waals surface area contributed by atoms with Crippen LogP contribution in [0.5, 0.6) is 5.75 Å². The number of hydrogen-bond donors (Lipinski definition) is 1. The molecular weight excluding hydrogens is 342 g/mol. The minimum atomic E-state index is -1.06. The monoisotopic (exact) mass is 363 g/mol. The number of carboxylic acids is 1. The molecule has 0 fully saturated rings. The van der Waals surface area contributed by atoms with E-state index in [1.807, 2.05) is 67.3 Å². The Hall–Kier alpha value is -3.41. The lowest BCUT2D eigenvalue weighted by molar-refractivity contribution is 0.0697. The van der Waals surface area contributed by atoms with Crippen LogP contribution < -0.4 is 9.64 Å². The summed E-state index contributed by atoms with van der Waals surface area (Å²) in [5.41, 5.74) is 2.83. The van der Waals surface area contributed by atoms with Gasteiger partial charge in [0, 0.05) is 24.0 Å². The number of aromatic carboxylic acids is 1. The lowest BCUT2D eigenvalue weighted by atomic mass is 10.1. The molecule has 0 amide bonds. The Morgan fingerprint density at radius 1 is 1.19 bits per heavy atom. The lowest BCUT2D eigenvalue weighted by Crippen LogP contribution is -2.21. The summed E-state index contributed by atoms with van der Waals surface area (Å²) in [4.78, 5) is 22.5. The molecular formula is C21H21N3O3. The van der Waals surface area contributed by atoms with Crippen molar-refractivity contribution in [3.05, 3.63) is 65.9 Å². The Bertz CT molecular complexity index is 955. The number of ether oxygens (including phenoxy) is 1. The van der Waals surface area contributed by atoms with Crippen molar-refractivity contribution in [1.29, 1.82) is 0 Å². The van der Waals surface area contributed by atoms with Crippen LogP contribution in [-0.2, 0) is 0 Å². The Labute approximate surface area is 158 Å². The third-order valence-corrected chi connectivity index (χ3v) is 4.23. The van der Waals surface area contributed by atoms with Gasteiger partial charge in [-0.3, -0.25) is 0 Å². The van der Waals surface area contributed by atoms with E-state index in [2.05, 4.69) is 9.97 Å². The zero-order valence-electron chi connectivity index (χ0n) is 15.5. The summed E-state index contributed by atoms with van der Waals surface area (Å²) in [5.74, 6) is 0.508. The molecule has 2 aromatic carbocycles. The van der Waals surface area contributed by atoms with Crippen LogP contribution in [0.3, 0.4) is 0 Å². The number of nitrogens with zero attached hydrogens (tertiary/aromatic N) is 3. The third kappa shape index (κ3) is 3.89. The molecule has 0 aliphatic rings. The summed E-state index contributed by atoms with van der Waals surface area (Å²) in [5, 5.41) is 9.62. The highest BCUT2D eigenvalue weighted by Crippen LogP contribution is 2.29. The van der Waals surface area contributed by atoms with E-state index in [9.17, 15) is 9.90 Å². The molecule has 6 heteroatoms. The van der Waals surface area contributed by atoms with E-state index in [0.29, 0.717) is 18.2 Å². The van der Waals surface area contributed by atoms with Crippen molar-refractivity contribution in [3.63, 3.8) is 0 Å². The molecule has 1 heterocycles. The Morgan fingerprint density at radius 3 is 2.52 bits per heavy atom. The smallest absolute Gasteiger partial charge is 0.341 e. The van der Waals surface area contributed by atoms with E-state index in [1.54, 1.807) is 7.11 Å². The van der Waals surface area contributed by atoms with Crippen molar-refractivity contribution in [3.8, 4) is 17.1 Å². The van der Waals surface area contributed by atoms with Crippen LogP contribution in [0.2, 0.25) is 0 Å². The van der Waals surface area contributed by atoms with Crippen LogP contribution in [0.25, 0.3) is 11.4 Å². The van der Waals surface area contributed by atoms with Gasteiger partial charge in [0.2, 0.25) is 0 Å². The zero-order valence-corrected chi connectivity index (χ0v) is 15.5. The summed E-state index contributed by atoms with van der Waals surface area (Å²) in [6.07, 6.45) is 1.36. The molecule has 138 valence electrons. The van der Waals surface area contributed by atoms with E-state index in [-0.39, 0.29) is 5.56 Å². The average molecular weight is 363 g/mol. The first kappa shape index (κ1) is 18.4. The molecule has 0 unspecified atom stereocenters. The van der Waals surface area contributed by atoms with Crippen molar-refractivity contribution in [1.82, 2.24) is 9.97 Å². The minimum absolute atomic E-state index is 0.0654. The second kappa shape index (κ2) is 7.86. The first-order valence-corrected chi connectivity index (χ1v) is 8.62. The van der Waals surface area contributed by atoms with E-state index < -0.39 is 5.97 Å². The second-order valence-electron chi connectivity index (χ2n) is 6.05. The molecule has 1 N–H and O–H groups in total. The molecule has 1 aromatic heterocycles. The molecule has 0 aliphatic heterocycles. The van der Waals surface area contributed by atoms with Gasteiger partial charge in [0.1, 0.15) is 11.3 Å². The molecule has 6 nitrogen and oxygen atoms in total. The second-order valence-corrected chi connectivity index (χ2v) is 6.05. The summed E-state index contributed by atoms with van der Waals surface area (Å²) in [6.45, 7) is 4.53. The maximum Gasteiger partial charge on any atom is 0.341 e. The summed E-state index contributed by atoms with van der Waals surface area (Å²) >= 11 is 0. The normalized spacial score (nSPS) is 10.5. The topological polar surface area (TPSA) is 75.5 Å². The molecule has 0 radical (unpaired) electrons. The van der Waals surface area contributed by atoms with Crippen LogP contribution in [-0.4, -0.2) is 34.7 Å². The summed E-state index contributed by atoms with van der Waals surface area (Å²) in [6, 6.07) is 15.2. The molecule has 0 saturated heterocycles. The van der Waals surface area contributed by atoms with Gasteiger partial charge in [-0.15, -0.1) is 0 Å². The van der Waals surface area contributed by atoms with Crippen LogP contribution in [0.15, 0.2) is 54.7 Å². The number of hydrogen-bond acceptors (Lipinski definition) is 5. The van der Waals surface area contributed by atoms with Crippen molar-refractivity contribution in [2.24, 2.45) is 0 Å². The number of rotatable bonds is 6. The summed E-state index contributed by atoms with van der Waals surface area (Å²) in [7, 11) is 1.60. The first-order chi connectivity index (χ1) is 13.0. The standard InChI is InChI=1S/C21H21N3O3/c1-4-24(16-7-5-6-14(2)12-16)20-18(21(25)26)13-22-19(23-20)15-8-10-17(27-3)11-9-15/h5-13H,4H2,1-3H3,(H,25,26). The number of benzene rings is 2. The highest BCUT2D eigenvalue weighted by atomic mass is 16.5. The van der Waals surface area contributed by atoms with Crippen LogP contribution in [0.4, 0.5) is 11.5 Å². The fourth-order valence-electron chi connectivity index (χ4n) is 2.86. The molecule has 3 aromatic rings. The maximum absolute atomic E-state index is 11.7. The fourth-order valence-corrected chi connectivity index (χ4v) is 2.86.